The van der Waals surface area contributed by atoms with Gasteiger partial charge in [-0.2, -0.15) is 0 Å². The fourth-order valence-corrected chi connectivity index (χ4v) is 2.44. The lowest BCUT2D eigenvalue weighted by molar-refractivity contribution is 0.0778. The van der Waals surface area contributed by atoms with E-state index in [-0.39, 0.29) is 5.91 Å². The first kappa shape index (κ1) is 13.9. The maximum Gasteiger partial charge on any atom is 0.263 e. The van der Waals surface area contributed by atoms with E-state index in [9.17, 15) is 4.79 Å². The van der Waals surface area contributed by atoms with Gasteiger partial charge in [0.15, 0.2) is 0 Å². The van der Waals surface area contributed by atoms with Crippen molar-refractivity contribution in [2.75, 3.05) is 20.2 Å². The summed E-state index contributed by atoms with van der Waals surface area (Å²) < 4.78 is 5.55. The van der Waals surface area contributed by atoms with E-state index >= 15 is 0 Å². The molecule has 0 aliphatic rings. The summed E-state index contributed by atoms with van der Waals surface area (Å²) in [7, 11) is 1.77. The predicted molar refractivity (Wildman–Crippen MR) is 78.2 cm³/mol. The molecule has 1 aromatic heterocycles. The van der Waals surface area contributed by atoms with Crippen molar-refractivity contribution >= 4 is 28.8 Å². The van der Waals surface area contributed by atoms with Gasteiger partial charge in [-0.25, -0.2) is 0 Å². The van der Waals surface area contributed by atoms with Crippen LogP contribution in [0.1, 0.15) is 9.67 Å². The minimum Gasteiger partial charge on any atom is -0.492 e. The first-order valence-corrected chi connectivity index (χ1v) is 7.10. The van der Waals surface area contributed by atoms with Crippen molar-refractivity contribution in [2.45, 2.75) is 0 Å². The van der Waals surface area contributed by atoms with Gasteiger partial charge < -0.3 is 9.64 Å². The van der Waals surface area contributed by atoms with Crippen LogP contribution in [0.25, 0.3) is 0 Å². The SMILES string of the molecule is CN(CCOc1cccc(Cl)c1)C(=O)c1cccs1. The van der Waals surface area contributed by atoms with E-state index < -0.39 is 0 Å². The number of ether oxygens (including phenoxy) is 1. The number of likely N-dealkylation sites (N-methyl/N-ethyl adjacent to an activating group) is 1. The molecule has 0 bridgehead atoms. The molecule has 0 fully saturated rings. The maximum absolute atomic E-state index is 12.0. The normalized spacial score (nSPS) is 10.2. The Bertz CT molecular complexity index is 542. The Morgan fingerprint density at radius 1 is 1.37 bits per heavy atom. The standard InChI is InChI=1S/C14H14ClNO2S/c1-16(14(17)13-6-3-9-19-13)7-8-18-12-5-2-4-11(15)10-12/h2-6,9-10H,7-8H2,1H3. The number of benzene rings is 1. The Labute approximate surface area is 121 Å². The van der Waals surface area contributed by atoms with Gasteiger partial charge in [-0.15, -0.1) is 11.3 Å². The van der Waals surface area contributed by atoms with E-state index in [2.05, 4.69) is 0 Å². The first-order valence-electron chi connectivity index (χ1n) is 5.84. The average molecular weight is 296 g/mol. The molecule has 0 unspecified atom stereocenters. The molecular weight excluding hydrogens is 282 g/mol. The number of carbonyl (C=O) groups excluding carboxylic acids is 1. The van der Waals surface area contributed by atoms with E-state index in [1.807, 2.05) is 29.6 Å². The molecule has 0 radical (unpaired) electrons. The van der Waals surface area contributed by atoms with Gasteiger partial charge in [0, 0.05) is 12.1 Å². The Hall–Kier alpha value is -1.52. The topological polar surface area (TPSA) is 29.5 Å². The van der Waals surface area contributed by atoms with Crippen LogP contribution in [0, 0.1) is 0 Å². The van der Waals surface area contributed by atoms with E-state index in [0.29, 0.717) is 23.9 Å². The van der Waals surface area contributed by atoms with Crippen molar-refractivity contribution < 1.29 is 9.53 Å². The lowest BCUT2D eigenvalue weighted by atomic mass is 10.3. The molecule has 2 aromatic rings. The van der Waals surface area contributed by atoms with Crippen LogP contribution in [0.4, 0.5) is 0 Å². The number of thiophene rings is 1. The first-order chi connectivity index (χ1) is 9.16. The number of amides is 1. The van der Waals surface area contributed by atoms with Crippen molar-refractivity contribution in [3.05, 3.63) is 51.7 Å². The quantitative estimate of drug-likeness (QED) is 0.844. The molecule has 0 spiro atoms. The molecule has 2 rings (SSSR count). The molecule has 0 saturated carbocycles. The van der Waals surface area contributed by atoms with Crippen molar-refractivity contribution in [3.63, 3.8) is 0 Å². The third-order valence-corrected chi connectivity index (χ3v) is 3.66. The zero-order valence-electron chi connectivity index (χ0n) is 10.5. The highest BCUT2D eigenvalue weighted by molar-refractivity contribution is 7.12. The number of nitrogens with zero attached hydrogens (tertiary/aromatic N) is 1. The summed E-state index contributed by atoms with van der Waals surface area (Å²) in [4.78, 5) is 14.4. The summed E-state index contributed by atoms with van der Waals surface area (Å²) in [6, 6.07) is 10.9. The van der Waals surface area contributed by atoms with Crippen LogP contribution in [-0.4, -0.2) is 31.0 Å². The van der Waals surface area contributed by atoms with Crippen LogP contribution in [-0.2, 0) is 0 Å². The highest BCUT2D eigenvalue weighted by atomic mass is 35.5. The van der Waals surface area contributed by atoms with E-state index in [1.165, 1.54) is 11.3 Å². The number of hydrogen-bond acceptors (Lipinski definition) is 3. The molecule has 100 valence electrons. The summed E-state index contributed by atoms with van der Waals surface area (Å²) in [5.41, 5.74) is 0. The van der Waals surface area contributed by atoms with Gasteiger partial charge in [-0.05, 0) is 29.6 Å². The lowest BCUT2D eigenvalue weighted by Gasteiger charge is -2.16. The molecule has 0 aliphatic heterocycles. The summed E-state index contributed by atoms with van der Waals surface area (Å²) in [5.74, 6) is 0.731. The van der Waals surface area contributed by atoms with Gasteiger partial charge in [0.2, 0.25) is 0 Å². The molecule has 0 atom stereocenters. The smallest absolute Gasteiger partial charge is 0.263 e. The predicted octanol–water partition coefficient (Wildman–Crippen LogP) is 3.55. The second-order valence-corrected chi connectivity index (χ2v) is 5.39. The molecule has 0 saturated heterocycles. The molecule has 1 heterocycles. The van der Waals surface area contributed by atoms with E-state index in [1.54, 1.807) is 24.1 Å². The van der Waals surface area contributed by atoms with Crippen LogP contribution in [0.5, 0.6) is 5.75 Å². The molecule has 1 aromatic carbocycles. The largest absolute Gasteiger partial charge is 0.492 e. The molecule has 0 aliphatic carbocycles. The summed E-state index contributed by atoms with van der Waals surface area (Å²) in [6.45, 7) is 0.969. The fraction of sp³-hybridized carbons (Fsp3) is 0.214. The Morgan fingerprint density at radius 2 is 2.21 bits per heavy atom. The van der Waals surface area contributed by atoms with E-state index in [4.69, 9.17) is 16.3 Å². The third-order valence-electron chi connectivity index (χ3n) is 2.57. The van der Waals surface area contributed by atoms with Crippen LogP contribution in [0.3, 0.4) is 0 Å². The van der Waals surface area contributed by atoms with Gasteiger partial charge in [0.05, 0.1) is 11.4 Å². The Morgan fingerprint density at radius 3 is 2.89 bits per heavy atom. The number of hydrogen-bond donors (Lipinski definition) is 0. The zero-order chi connectivity index (χ0) is 13.7. The minimum absolute atomic E-state index is 0.0182. The summed E-state index contributed by atoms with van der Waals surface area (Å²) >= 11 is 7.30. The van der Waals surface area contributed by atoms with Crippen molar-refractivity contribution in [2.24, 2.45) is 0 Å². The van der Waals surface area contributed by atoms with Crippen molar-refractivity contribution in [1.82, 2.24) is 4.90 Å². The Balaban J connectivity index is 1.81. The van der Waals surface area contributed by atoms with Gasteiger partial charge in [0.25, 0.3) is 5.91 Å². The molecule has 5 heteroatoms. The molecule has 19 heavy (non-hydrogen) atoms. The molecule has 3 nitrogen and oxygen atoms in total. The summed E-state index contributed by atoms with van der Waals surface area (Å²) in [6.07, 6.45) is 0. The highest BCUT2D eigenvalue weighted by Crippen LogP contribution is 2.17. The average Bonchev–Trinajstić information content (AvgIpc) is 2.91. The van der Waals surface area contributed by atoms with E-state index in [0.717, 1.165) is 4.88 Å². The zero-order valence-corrected chi connectivity index (χ0v) is 12.1. The monoisotopic (exact) mass is 295 g/mol. The summed E-state index contributed by atoms with van der Waals surface area (Å²) in [5, 5.41) is 2.53. The van der Waals surface area contributed by atoms with Crippen LogP contribution in [0.2, 0.25) is 5.02 Å². The minimum atomic E-state index is 0.0182. The second kappa shape index (κ2) is 6.59. The molecule has 1 amide bonds. The Kier molecular flexibility index (Phi) is 4.82. The van der Waals surface area contributed by atoms with Gasteiger partial charge in [0.1, 0.15) is 12.4 Å². The molecular formula is C14H14ClNO2S. The van der Waals surface area contributed by atoms with Gasteiger partial charge >= 0.3 is 0 Å². The number of carbonyl (C=O) groups is 1. The maximum atomic E-state index is 12.0. The molecule has 0 N–H and O–H groups in total. The van der Waals surface area contributed by atoms with Crippen molar-refractivity contribution in [3.8, 4) is 5.75 Å². The highest BCUT2D eigenvalue weighted by Gasteiger charge is 2.12. The third kappa shape index (κ3) is 3.98. The lowest BCUT2D eigenvalue weighted by Crippen LogP contribution is -2.30. The van der Waals surface area contributed by atoms with Crippen molar-refractivity contribution in [1.29, 1.82) is 0 Å². The van der Waals surface area contributed by atoms with Gasteiger partial charge in [-0.1, -0.05) is 23.7 Å². The fourth-order valence-electron chi connectivity index (χ4n) is 1.55. The van der Waals surface area contributed by atoms with Crippen LogP contribution >= 0.6 is 22.9 Å². The second-order valence-electron chi connectivity index (χ2n) is 4.01. The van der Waals surface area contributed by atoms with Crippen LogP contribution in [0.15, 0.2) is 41.8 Å². The number of rotatable bonds is 5. The van der Waals surface area contributed by atoms with Crippen LogP contribution < -0.4 is 4.74 Å². The number of halogens is 1. The van der Waals surface area contributed by atoms with Gasteiger partial charge in [-0.3, -0.25) is 4.79 Å².